The summed E-state index contributed by atoms with van der Waals surface area (Å²) in [5, 5.41) is 0.912. The molecular weight excluding hydrogens is 798 g/mol. The summed E-state index contributed by atoms with van der Waals surface area (Å²) >= 11 is 0. The highest BCUT2D eigenvalue weighted by molar-refractivity contribution is 7.70. The summed E-state index contributed by atoms with van der Waals surface area (Å²) in [6.45, 7) is 3.67. The van der Waals surface area contributed by atoms with Gasteiger partial charge in [0.15, 0.2) is 17.5 Å². The van der Waals surface area contributed by atoms with Crippen molar-refractivity contribution >= 4 is 12.4 Å². The molecule has 0 bridgehead atoms. The second-order valence-electron chi connectivity index (χ2n) is 17.5. The maximum atomic E-state index is 12.9. The SMILES string of the molecule is CP(C)(=O)c1cccc(-c2ccc(C3(c4ccc(-c5nc(-c6ccc(-c7ccccc7)cc6)nc(-c6ccc(-c7ccc(-c8ccccc8)cc7)cc6)n5)cc4)CCCCC3)cc2)c1. The number of hydrogen-bond donors (Lipinski definition) is 0. The van der Waals surface area contributed by atoms with Crippen LogP contribution >= 0.6 is 7.14 Å². The van der Waals surface area contributed by atoms with Crippen molar-refractivity contribution in [2.45, 2.75) is 37.5 Å². The highest BCUT2D eigenvalue weighted by atomic mass is 31.2. The summed E-state index contributed by atoms with van der Waals surface area (Å²) in [6.07, 6.45) is 5.83. The molecule has 1 aromatic heterocycles. The Morgan fingerprint density at radius 2 is 0.656 bits per heavy atom. The number of hydrogen-bond acceptors (Lipinski definition) is 4. The van der Waals surface area contributed by atoms with E-state index in [4.69, 9.17) is 15.0 Å². The minimum atomic E-state index is -2.36. The lowest BCUT2D eigenvalue weighted by molar-refractivity contribution is 0.346. The zero-order valence-electron chi connectivity index (χ0n) is 36.4. The standard InChI is InChI=1S/C59H50N3OP/c1-64(2,63)55-18-12-17-52(41-55)48-31-35-53(36-32-48)59(39-10-5-11-40-59)54-37-33-51(34-38-54)58-61-56(49-27-23-45(24-28-49)43-15-8-4-9-16-43)60-57(62-58)50-29-25-47(26-30-50)46-21-19-44(20-22-46)42-13-6-3-7-14-42/h3-4,6-9,12-38,41H,5,10-11,39-40H2,1-2H3. The molecule has 0 radical (unpaired) electrons. The molecular formula is C59H50N3OP. The van der Waals surface area contributed by atoms with Gasteiger partial charge in [0, 0.05) is 27.4 Å². The van der Waals surface area contributed by atoms with E-state index in [2.05, 4.69) is 182 Å². The van der Waals surface area contributed by atoms with Gasteiger partial charge in [0.05, 0.1) is 0 Å². The molecule has 1 fully saturated rings. The van der Waals surface area contributed by atoms with Crippen LogP contribution in [0.15, 0.2) is 206 Å². The fourth-order valence-corrected chi connectivity index (χ4v) is 10.2. The minimum absolute atomic E-state index is 0.0841. The van der Waals surface area contributed by atoms with Crippen LogP contribution in [0.1, 0.15) is 43.2 Å². The van der Waals surface area contributed by atoms with Crippen molar-refractivity contribution in [1.29, 1.82) is 0 Å². The summed E-state index contributed by atoms with van der Waals surface area (Å²) in [5.74, 6) is 1.92. The summed E-state index contributed by atoms with van der Waals surface area (Å²) in [7, 11) is -2.36. The first-order valence-corrected chi connectivity index (χ1v) is 25.0. The maximum absolute atomic E-state index is 12.9. The van der Waals surface area contributed by atoms with E-state index in [1.54, 1.807) is 0 Å². The Bertz CT molecular complexity index is 3060. The first-order chi connectivity index (χ1) is 31.3. The van der Waals surface area contributed by atoms with Crippen LogP contribution < -0.4 is 5.30 Å². The van der Waals surface area contributed by atoms with Gasteiger partial charge in [0.2, 0.25) is 0 Å². The number of aromatic nitrogens is 3. The zero-order valence-corrected chi connectivity index (χ0v) is 37.3. The third kappa shape index (κ3) is 8.54. The molecule has 5 heteroatoms. The summed E-state index contributed by atoms with van der Waals surface area (Å²) in [5.41, 5.74) is 14.7. The Kier molecular flexibility index (Phi) is 11.3. The van der Waals surface area contributed by atoms with Gasteiger partial charge >= 0.3 is 0 Å². The van der Waals surface area contributed by atoms with E-state index in [1.807, 2.05) is 37.6 Å². The van der Waals surface area contributed by atoms with Gasteiger partial charge in [-0.3, -0.25) is 0 Å². The second-order valence-corrected chi connectivity index (χ2v) is 20.7. The normalized spacial score (nSPS) is 13.7. The summed E-state index contributed by atoms with van der Waals surface area (Å²) in [4.78, 5) is 15.4. The van der Waals surface area contributed by atoms with Crippen molar-refractivity contribution in [3.63, 3.8) is 0 Å². The Hall–Kier alpha value is -7.00. The highest BCUT2D eigenvalue weighted by Gasteiger charge is 2.35. The predicted molar refractivity (Wildman–Crippen MR) is 267 cm³/mol. The van der Waals surface area contributed by atoms with Gasteiger partial charge in [-0.05, 0) is 87.9 Å². The molecule has 0 spiro atoms. The van der Waals surface area contributed by atoms with Crippen molar-refractivity contribution in [3.8, 4) is 78.7 Å². The molecule has 1 saturated carbocycles. The van der Waals surface area contributed by atoms with Crippen molar-refractivity contribution in [1.82, 2.24) is 15.0 Å². The van der Waals surface area contributed by atoms with E-state index >= 15 is 0 Å². The van der Waals surface area contributed by atoms with Gasteiger partial charge in [0.25, 0.3) is 0 Å². The maximum Gasteiger partial charge on any atom is 0.164 e. The largest absolute Gasteiger partial charge is 0.319 e. The molecule has 0 N–H and O–H groups in total. The molecule has 10 rings (SSSR count). The molecule has 1 heterocycles. The molecule has 0 unspecified atom stereocenters. The van der Waals surface area contributed by atoms with E-state index in [1.165, 1.54) is 47.1 Å². The highest BCUT2D eigenvalue weighted by Crippen LogP contribution is 2.46. The van der Waals surface area contributed by atoms with Crippen molar-refractivity contribution in [2.75, 3.05) is 13.3 Å². The summed E-state index contributed by atoms with van der Waals surface area (Å²) < 4.78 is 12.9. The minimum Gasteiger partial charge on any atom is -0.319 e. The lowest BCUT2D eigenvalue weighted by Gasteiger charge is -2.39. The van der Waals surface area contributed by atoms with Gasteiger partial charge in [-0.2, -0.15) is 0 Å². The van der Waals surface area contributed by atoms with Gasteiger partial charge in [0.1, 0.15) is 7.14 Å². The van der Waals surface area contributed by atoms with E-state index in [0.717, 1.165) is 62.7 Å². The molecule has 1 aliphatic carbocycles. The van der Waals surface area contributed by atoms with Crippen molar-refractivity contribution < 1.29 is 4.57 Å². The molecule has 9 aromatic rings. The molecule has 0 amide bonds. The molecule has 0 saturated heterocycles. The molecule has 8 aromatic carbocycles. The number of benzene rings is 8. The average molecular weight is 848 g/mol. The fourth-order valence-electron chi connectivity index (χ4n) is 9.34. The van der Waals surface area contributed by atoms with Crippen LogP contribution in [0.5, 0.6) is 0 Å². The lowest BCUT2D eigenvalue weighted by atomic mass is 9.65. The Balaban J connectivity index is 0.982. The average Bonchev–Trinajstić information content (AvgIpc) is 3.37. The molecule has 312 valence electrons. The van der Waals surface area contributed by atoms with Gasteiger partial charge in [-0.1, -0.05) is 219 Å². The van der Waals surface area contributed by atoms with Gasteiger partial charge < -0.3 is 4.57 Å². The fraction of sp³-hybridized carbons (Fsp3) is 0.136. The number of rotatable bonds is 10. The van der Waals surface area contributed by atoms with Crippen LogP contribution in [0.3, 0.4) is 0 Å². The van der Waals surface area contributed by atoms with Gasteiger partial charge in [-0.15, -0.1) is 0 Å². The van der Waals surface area contributed by atoms with Crippen LogP contribution in [-0.2, 0) is 9.98 Å². The molecule has 4 nitrogen and oxygen atoms in total. The predicted octanol–water partition coefficient (Wildman–Crippen LogP) is 15.0. The number of nitrogens with zero attached hydrogens (tertiary/aromatic N) is 3. The van der Waals surface area contributed by atoms with Crippen LogP contribution in [0.4, 0.5) is 0 Å². The Morgan fingerprint density at radius 3 is 1.05 bits per heavy atom. The Morgan fingerprint density at radius 1 is 0.344 bits per heavy atom. The van der Waals surface area contributed by atoms with Crippen molar-refractivity contribution in [2.24, 2.45) is 0 Å². The molecule has 64 heavy (non-hydrogen) atoms. The third-order valence-electron chi connectivity index (χ3n) is 13.0. The van der Waals surface area contributed by atoms with Crippen LogP contribution in [-0.4, -0.2) is 28.3 Å². The van der Waals surface area contributed by atoms with Crippen LogP contribution in [0.25, 0.3) is 78.7 Å². The summed E-state index contributed by atoms with van der Waals surface area (Å²) in [6, 6.07) is 73.0. The third-order valence-corrected chi connectivity index (χ3v) is 14.5. The topological polar surface area (TPSA) is 55.7 Å². The monoisotopic (exact) mass is 847 g/mol. The lowest BCUT2D eigenvalue weighted by Crippen LogP contribution is -2.30. The quantitative estimate of drug-likeness (QED) is 0.129. The van der Waals surface area contributed by atoms with E-state index < -0.39 is 7.14 Å². The smallest absolute Gasteiger partial charge is 0.164 e. The molecule has 0 atom stereocenters. The Labute approximate surface area is 377 Å². The van der Waals surface area contributed by atoms with Crippen molar-refractivity contribution in [3.05, 3.63) is 217 Å². The first-order valence-electron chi connectivity index (χ1n) is 22.3. The van der Waals surface area contributed by atoms with E-state index in [9.17, 15) is 4.57 Å². The first kappa shape index (κ1) is 41.0. The zero-order chi connectivity index (χ0) is 43.5. The van der Waals surface area contributed by atoms with E-state index in [-0.39, 0.29) is 5.41 Å². The molecule has 0 aliphatic heterocycles. The second kappa shape index (κ2) is 17.6. The van der Waals surface area contributed by atoms with Gasteiger partial charge in [-0.25, -0.2) is 15.0 Å². The van der Waals surface area contributed by atoms with Crippen LogP contribution in [0.2, 0.25) is 0 Å². The molecule has 1 aliphatic rings. The van der Waals surface area contributed by atoms with Crippen LogP contribution in [0, 0.1) is 0 Å². The van der Waals surface area contributed by atoms with E-state index in [0.29, 0.717) is 17.5 Å².